The van der Waals surface area contributed by atoms with Gasteiger partial charge >= 0.3 is 0 Å². The van der Waals surface area contributed by atoms with Gasteiger partial charge in [-0.05, 0) is 25.3 Å². The molecule has 0 saturated carbocycles. The van der Waals surface area contributed by atoms with Crippen molar-refractivity contribution < 1.29 is 4.79 Å². The number of thiol groups is 1. The molecule has 0 spiro atoms. The van der Waals surface area contributed by atoms with E-state index in [0.717, 1.165) is 22.6 Å². The summed E-state index contributed by atoms with van der Waals surface area (Å²) in [6.45, 7) is 6.44. The molecular weight excluding hydrogens is 238 g/mol. The van der Waals surface area contributed by atoms with Crippen LogP contribution in [-0.4, -0.2) is 11.9 Å². The second-order valence-corrected chi connectivity index (χ2v) is 5.72. The molecule has 1 amide bonds. The molecule has 1 heterocycles. The summed E-state index contributed by atoms with van der Waals surface area (Å²) >= 11 is 5.63. The molecule has 0 aliphatic carbocycles. The first-order valence-electron chi connectivity index (χ1n) is 5.61. The normalized spacial score (nSPS) is 14.5. The Morgan fingerprint density at radius 3 is 2.75 bits per heavy atom. The van der Waals surface area contributed by atoms with Gasteiger partial charge in [-0.25, -0.2) is 0 Å². The molecule has 90 valence electrons. The van der Waals surface area contributed by atoms with Gasteiger partial charge in [-0.2, -0.15) is 0 Å². The second kappa shape index (κ2) is 6.30. The van der Waals surface area contributed by atoms with Crippen molar-refractivity contribution in [2.45, 2.75) is 44.6 Å². The van der Waals surface area contributed by atoms with Crippen LogP contribution in [0.2, 0.25) is 0 Å². The Kier molecular flexibility index (Phi) is 5.35. The zero-order valence-electron chi connectivity index (χ0n) is 9.99. The number of nitrogens with one attached hydrogen (secondary N) is 1. The lowest BCUT2D eigenvalue weighted by molar-refractivity contribution is 0.0939. The van der Waals surface area contributed by atoms with Crippen molar-refractivity contribution in [3.63, 3.8) is 0 Å². The Morgan fingerprint density at radius 2 is 2.25 bits per heavy atom. The molecule has 0 aromatic carbocycles. The zero-order chi connectivity index (χ0) is 12.1. The summed E-state index contributed by atoms with van der Waals surface area (Å²) in [5.74, 6) is 0.667. The molecule has 0 fully saturated rings. The Bertz CT molecular complexity index is 349. The lowest BCUT2D eigenvalue weighted by Crippen LogP contribution is -2.33. The van der Waals surface area contributed by atoms with Gasteiger partial charge in [-0.1, -0.05) is 20.3 Å². The first-order valence-corrected chi connectivity index (χ1v) is 6.94. The topological polar surface area (TPSA) is 29.1 Å². The number of thiophene rings is 1. The van der Waals surface area contributed by atoms with E-state index in [0.29, 0.717) is 5.92 Å². The van der Waals surface area contributed by atoms with Crippen molar-refractivity contribution >= 4 is 29.9 Å². The van der Waals surface area contributed by atoms with E-state index in [1.54, 1.807) is 6.07 Å². The SMILES string of the molecule is CCC(C)CC(C)NC(=O)c1cc(S)cs1. The Morgan fingerprint density at radius 1 is 1.56 bits per heavy atom. The van der Waals surface area contributed by atoms with Crippen LogP contribution in [0.4, 0.5) is 0 Å². The summed E-state index contributed by atoms with van der Waals surface area (Å²) in [7, 11) is 0. The third-order valence-electron chi connectivity index (χ3n) is 2.64. The van der Waals surface area contributed by atoms with Gasteiger partial charge in [0.2, 0.25) is 0 Å². The molecule has 0 aliphatic rings. The molecule has 1 aromatic rings. The van der Waals surface area contributed by atoms with Gasteiger partial charge in [-0.3, -0.25) is 4.79 Å². The average Bonchev–Trinajstić information content (AvgIpc) is 2.64. The van der Waals surface area contributed by atoms with E-state index < -0.39 is 0 Å². The molecule has 0 bridgehead atoms. The predicted molar refractivity (Wildman–Crippen MR) is 72.6 cm³/mol. The third-order valence-corrected chi connectivity index (χ3v) is 4.00. The quantitative estimate of drug-likeness (QED) is 0.776. The second-order valence-electron chi connectivity index (χ2n) is 4.29. The molecule has 2 unspecified atom stereocenters. The number of hydrogen-bond acceptors (Lipinski definition) is 3. The van der Waals surface area contributed by atoms with Crippen molar-refractivity contribution in [2.24, 2.45) is 5.92 Å². The highest BCUT2D eigenvalue weighted by molar-refractivity contribution is 7.80. The van der Waals surface area contributed by atoms with Gasteiger partial charge in [0.05, 0.1) is 4.88 Å². The summed E-state index contributed by atoms with van der Waals surface area (Å²) < 4.78 is 0. The Balaban J connectivity index is 2.45. The standard InChI is InChI=1S/C12H19NOS2/c1-4-8(2)5-9(3)13-12(14)11-6-10(15)7-16-11/h6-9,15H,4-5H2,1-3H3,(H,13,14). The molecule has 1 N–H and O–H groups in total. The maximum absolute atomic E-state index is 11.8. The van der Waals surface area contributed by atoms with E-state index in [1.165, 1.54) is 11.3 Å². The number of hydrogen-bond donors (Lipinski definition) is 2. The van der Waals surface area contributed by atoms with Gasteiger partial charge in [0, 0.05) is 16.3 Å². The minimum atomic E-state index is 0.0149. The van der Waals surface area contributed by atoms with Gasteiger partial charge < -0.3 is 5.32 Å². The highest BCUT2D eigenvalue weighted by atomic mass is 32.1. The minimum Gasteiger partial charge on any atom is -0.349 e. The highest BCUT2D eigenvalue weighted by Crippen LogP contribution is 2.18. The van der Waals surface area contributed by atoms with E-state index in [1.807, 2.05) is 5.38 Å². The fourth-order valence-electron chi connectivity index (χ4n) is 1.57. The van der Waals surface area contributed by atoms with Crippen molar-refractivity contribution in [2.75, 3.05) is 0 Å². The molecule has 2 nitrogen and oxygen atoms in total. The van der Waals surface area contributed by atoms with E-state index in [9.17, 15) is 4.79 Å². The first-order chi connectivity index (χ1) is 7.52. The van der Waals surface area contributed by atoms with E-state index in [2.05, 4.69) is 38.7 Å². The number of carbonyl (C=O) groups excluding carboxylic acids is 1. The van der Waals surface area contributed by atoms with Crippen LogP contribution in [0.5, 0.6) is 0 Å². The molecule has 4 heteroatoms. The monoisotopic (exact) mass is 257 g/mol. The van der Waals surface area contributed by atoms with Crippen LogP contribution in [0, 0.1) is 5.92 Å². The Labute approximate surface area is 107 Å². The largest absolute Gasteiger partial charge is 0.349 e. The Hall–Kier alpha value is -0.480. The third kappa shape index (κ3) is 4.18. The molecule has 0 radical (unpaired) electrons. The molecule has 1 rings (SSSR count). The van der Waals surface area contributed by atoms with Crippen LogP contribution in [0.25, 0.3) is 0 Å². The van der Waals surface area contributed by atoms with Gasteiger partial charge in [0.1, 0.15) is 0 Å². The van der Waals surface area contributed by atoms with Crippen LogP contribution >= 0.6 is 24.0 Å². The van der Waals surface area contributed by atoms with Crippen molar-refractivity contribution in [1.29, 1.82) is 0 Å². The van der Waals surface area contributed by atoms with Crippen molar-refractivity contribution in [3.05, 3.63) is 16.3 Å². The first kappa shape index (κ1) is 13.6. The summed E-state index contributed by atoms with van der Waals surface area (Å²) in [4.78, 5) is 13.4. The van der Waals surface area contributed by atoms with Crippen LogP contribution in [0.15, 0.2) is 16.3 Å². The minimum absolute atomic E-state index is 0.0149. The maximum Gasteiger partial charge on any atom is 0.261 e. The van der Waals surface area contributed by atoms with Gasteiger partial charge in [0.25, 0.3) is 5.91 Å². The lowest BCUT2D eigenvalue weighted by Gasteiger charge is -2.16. The highest BCUT2D eigenvalue weighted by Gasteiger charge is 2.13. The van der Waals surface area contributed by atoms with E-state index in [-0.39, 0.29) is 11.9 Å². The number of amides is 1. The lowest BCUT2D eigenvalue weighted by atomic mass is 10.0. The van der Waals surface area contributed by atoms with Gasteiger partial charge in [-0.15, -0.1) is 24.0 Å². The van der Waals surface area contributed by atoms with E-state index >= 15 is 0 Å². The number of rotatable bonds is 5. The maximum atomic E-state index is 11.8. The fourth-order valence-corrected chi connectivity index (χ4v) is 2.62. The molecular formula is C12H19NOS2. The summed E-state index contributed by atoms with van der Waals surface area (Å²) in [5, 5.41) is 4.88. The average molecular weight is 257 g/mol. The summed E-state index contributed by atoms with van der Waals surface area (Å²) in [5.41, 5.74) is 0. The van der Waals surface area contributed by atoms with Gasteiger partial charge in [0.15, 0.2) is 0 Å². The molecule has 0 saturated heterocycles. The fraction of sp³-hybridized carbons (Fsp3) is 0.583. The zero-order valence-corrected chi connectivity index (χ0v) is 11.7. The van der Waals surface area contributed by atoms with Crippen LogP contribution in [0.1, 0.15) is 43.3 Å². The van der Waals surface area contributed by atoms with Crippen LogP contribution < -0.4 is 5.32 Å². The van der Waals surface area contributed by atoms with E-state index in [4.69, 9.17) is 0 Å². The molecule has 16 heavy (non-hydrogen) atoms. The van der Waals surface area contributed by atoms with Crippen LogP contribution in [-0.2, 0) is 0 Å². The smallest absolute Gasteiger partial charge is 0.261 e. The molecule has 0 aliphatic heterocycles. The predicted octanol–water partition coefficient (Wildman–Crippen LogP) is 3.59. The van der Waals surface area contributed by atoms with Crippen molar-refractivity contribution in [3.8, 4) is 0 Å². The molecule has 1 aromatic heterocycles. The van der Waals surface area contributed by atoms with Crippen molar-refractivity contribution in [1.82, 2.24) is 5.32 Å². The summed E-state index contributed by atoms with van der Waals surface area (Å²) in [6, 6.07) is 2.03. The van der Waals surface area contributed by atoms with Crippen LogP contribution in [0.3, 0.4) is 0 Å². The summed E-state index contributed by atoms with van der Waals surface area (Å²) in [6.07, 6.45) is 2.18. The number of carbonyl (C=O) groups is 1. The molecule has 2 atom stereocenters.